The molecule has 1 fully saturated rings. The van der Waals surface area contributed by atoms with E-state index in [9.17, 15) is 13.2 Å². The summed E-state index contributed by atoms with van der Waals surface area (Å²) in [5.74, 6) is 0. The second kappa shape index (κ2) is 5.04. The van der Waals surface area contributed by atoms with E-state index in [0.717, 1.165) is 18.9 Å². The van der Waals surface area contributed by atoms with Crippen LogP contribution in [0.5, 0.6) is 0 Å². The van der Waals surface area contributed by atoms with Crippen LogP contribution in [0.1, 0.15) is 32.3 Å². The highest BCUT2D eigenvalue weighted by molar-refractivity contribution is 5.52. The second-order valence-corrected chi connectivity index (χ2v) is 5.46. The summed E-state index contributed by atoms with van der Waals surface area (Å²) in [6, 6.07) is 5.52. The Morgan fingerprint density at radius 2 is 2.00 bits per heavy atom. The highest BCUT2D eigenvalue weighted by Crippen LogP contribution is 2.35. The van der Waals surface area contributed by atoms with Gasteiger partial charge in [-0.15, -0.1) is 0 Å². The number of hydrogen-bond donors (Lipinski definition) is 1. The predicted molar refractivity (Wildman–Crippen MR) is 68.1 cm³/mol. The first-order chi connectivity index (χ1) is 8.78. The third-order valence-corrected chi connectivity index (χ3v) is 3.31. The zero-order valence-electron chi connectivity index (χ0n) is 11.1. The molecule has 0 bridgehead atoms. The van der Waals surface area contributed by atoms with E-state index in [2.05, 4.69) is 5.32 Å². The van der Waals surface area contributed by atoms with E-state index in [0.29, 0.717) is 6.54 Å². The van der Waals surface area contributed by atoms with Crippen LogP contribution in [0.2, 0.25) is 0 Å². The van der Waals surface area contributed by atoms with Gasteiger partial charge in [0, 0.05) is 12.2 Å². The molecule has 0 amide bonds. The number of hydrogen-bond acceptors (Lipinski definition) is 2. The van der Waals surface area contributed by atoms with Crippen molar-refractivity contribution < 1.29 is 17.9 Å². The minimum Gasteiger partial charge on any atom is -0.382 e. The van der Waals surface area contributed by atoms with Gasteiger partial charge in [0.2, 0.25) is 0 Å². The van der Waals surface area contributed by atoms with Crippen molar-refractivity contribution in [1.82, 2.24) is 0 Å². The summed E-state index contributed by atoms with van der Waals surface area (Å²) in [6.45, 7) is 4.39. The SMILES string of the molecule is CC1(C)CCC(CNc2ccccc2C(F)(F)F)O1. The lowest BCUT2D eigenvalue weighted by atomic mass is 10.1. The molecule has 1 aromatic carbocycles. The number of halogens is 3. The molecule has 0 saturated carbocycles. The molecule has 0 aromatic heterocycles. The predicted octanol–water partition coefficient (Wildman–Crippen LogP) is 4.07. The number of rotatable bonds is 3. The smallest absolute Gasteiger partial charge is 0.382 e. The number of benzene rings is 1. The van der Waals surface area contributed by atoms with Gasteiger partial charge < -0.3 is 10.1 Å². The fourth-order valence-electron chi connectivity index (χ4n) is 2.33. The van der Waals surface area contributed by atoms with E-state index in [1.54, 1.807) is 6.07 Å². The summed E-state index contributed by atoms with van der Waals surface area (Å²) in [5, 5.41) is 2.85. The number of para-hydroxylation sites is 1. The molecular formula is C14H18F3NO. The quantitative estimate of drug-likeness (QED) is 0.896. The standard InChI is InChI=1S/C14H18F3NO/c1-13(2)8-7-10(19-13)9-18-12-6-4-3-5-11(12)14(15,16)17/h3-6,10,18H,7-9H2,1-2H3. The maximum absolute atomic E-state index is 12.8. The molecule has 19 heavy (non-hydrogen) atoms. The Balaban J connectivity index is 2.01. The number of nitrogens with one attached hydrogen (secondary N) is 1. The topological polar surface area (TPSA) is 21.3 Å². The van der Waals surface area contributed by atoms with Crippen LogP contribution in [0.3, 0.4) is 0 Å². The minimum absolute atomic E-state index is 0.0312. The highest BCUT2D eigenvalue weighted by Gasteiger charge is 2.34. The average molecular weight is 273 g/mol. The maximum atomic E-state index is 12.8. The van der Waals surface area contributed by atoms with Crippen molar-refractivity contribution >= 4 is 5.69 Å². The van der Waals surface area contributed by atoms with E-state index < -0.39 is 11.7 Å². The van der Waals surface area contributed by atoms with Crippen molar-refractivity contribution in [2.75, 3.05) is 11.9 Å². The molecular weight excluding hydrogens is 255 g/mol. The van der Waals surface area contributed by atoms with Crippen LogP contribution in [0.25, 0.3) is 0 Å². The molecule has 1 heterocycles. The van der Waals surface area contributed by atoms with E-state index in [-0.39, 0.29) is 17.4 Å². The van der Waals surface area contributed by atoms with Crippen LogP contribution < -0.4 is 5.32 Å². The molecule has 106 valence electrons. The molecule has 1 saturated heterocycles. The van der Waals surface area contributed by atoms with Crippen LogP contribution >= 0.6 is 0 Å². The Morgan fingerprint density at radius 3 is 2.58 bits per heavy atom. The summed E-state index contributed by atoms with van der Waals surface area (Å²) in [5.41, 5.74) is -0.689. The Morgan fingerprint density at radius 1 is 1.32 bits per heavy atom. The van der Waals surface area contributed by atoms with Gasteiger partial charge in [-0.1, -0.05) is 12.1 Å². The van der Waals surface area contributed by atoms with E-state index >= 15 is 0 Å². The molecule has 2 nitrogen and oxygen atoms in total. The Labute approximate surface area is 111 Å². The largest absolute Gasteiger partial charge is 0.418 e. The molecule has 1 aromatic rings. The van der Waals surface area contributed by atoms with Crippen LogP contribution in [-0.4, -0.2) is 18.2 Å². The van der Waals surface area contributed by atoms with Crippen LogP contribution in [-0.2, 0) is 10.9 Å². The minimum atomic E-state index is -4.33. The highest BCUT2D eigenvalue weighted by atomic mass is 19.4. The molecule has 0 aliphatic carbocycles. The molecule has 1 unspecified atom stereocenters. The van der Waals surface area contributed by atoms with Crippen molar-refractivity contribution in [2.45, 2.75) is 44.6 Å². The Hall–Kier alpha value is -1.23. The van der Waals surface area contributed by atoms with E-state index in [1.165, 1.54) is 12.1 Å². The number of alkyl halides is 3. The number of ether oxygens (including phenoxy) is 1. The first-order valence-corrected chi connectivity index (χ1v) is 6.36. The Bertz CT molecular complexity index is 443. The Kier molecular flexibility index (Phi) is 3.76. The van der Waals surface area contributed by atoms with Crippen LogP contribution in [0, 0.1) is 0 Å². The van der Waals surface area contributed by atoms with Crippen molar-refractivity contribution in [2.24, 2.45) is 0 Å². The van der Waals surface area contributed by atoms with Gasteiger partial charge in [-0.25, -0.2) is 0 Å². The summed E-state index contributed by atoms with van der Waals surface area (Å²) < 4.78 is 44.2. The molecule has 1 N–H and O–H groups in total. The molecule has 2 rings (SSSR count). The zero-order valence-corrected chi connectivity index (χ0v) is 11.1. The first-order valence-electron chi connectivity index (χ1n) is 6.36. The normalized spacial score (nSPS) is 22.5. The van der Waals surface area contributed by atoms with Gasteiger partial charge in [0.05, 0.1) is 17.3 Å². The van der Waals surface area contributed by atoms with Gasteiger partial charge in [-0.2, -0.15) is 13.2 Å². The fraction of sp³-hybridized carbons (Fsp3) is 0.571. The fourth-order valence-corrected chi connectivity index (χ4v) is 2.33. The monoisotopic (exact) mass is 273 g/mol. The lowest BCUT2D eigenvalue weighted by molar-refractivity contribution is -0.137. The van der Waals surface area contributed by atoms with Crippen molar-refractivity contribution in [3.8, 4) is 0 Å². The zero-order chi connectivity index (χ0) is 14.1. The summed E-state index contributed by atoms with van der Waals surface area (Å²) in [7, 11) is 0. The molecule has 1 aliphatic rings. The van der Waals surface area contributed by atoms with Gasteiger partial charge >= 0.3 is 6.18 Å². The van der Waals surface area contributed by atoms with E-state index in [1.807, 2.05) is 13.8 Å². The summed E-state index contributed by atoms with van der Waals surface area (Å²) >= 11 is 0. The molecule has 1 aliphatic heterocycles. The van der Waals surface area contributed by atoms with Gasteiger partial charge in [0.1, 0.15) is 0 Å². The van der Waals surface area contributed by atoms with E-state index in [4.69, 9.17) is 4.74 Å². The van der Waals surface area contributed by atoms with Gasteiger partial charge in [0.15, 0.2) is 0 Å². The molecule has 5 heteroatoms. The number of anilines is 1. The third-order valence-electron chi connectivity index (χ3n) is 3.31. The second-order valence-electron chi connectivity index (χ2n) is 5.46. The molecule has 0 radical (unpaired) electrons. The maximum Gasteiger partial charge on any atom is 0.418 e. The lowest BCUT2D eigenvalue weighted by Crippen LogP contribution is -2.25. The lowest BCUT2D eigenvalue weighted by Gasteiger charge is -2.21. The van der Waals surface area contributed by atoms with Crippen LogP contribution in [0.4, 0.5) is 18.9 Å². The molecule has 1 atom stereocenters. The van der Waals surface area contributed by atoms with Gasteiger partial charge in [0.25, 0.3) is 0 Å². The average Bonchev–Trinajstić information content (AvgIpc) is 2.66. The van der Waals surface area contributed by atoms with Gasteiger partial charge in [-0.3, -0.25) is 0 Å². The summed E-state index contributed by atoms with van der Waals surface area (Å²) in [6.07, 6.45) is -2.57. The molecule has 0 spiro atoms. The first kappa shape index (κ1) is 14.2. The van der Waals surface area contributed by atoms with Gasteiger partial charge in [-0.05, 0) is 38.8 Å². The van der Waals surface area contributed by atoms with Crippen molar-refractivity contribution in [1.29, 1.82) is 0 Å². The third kappa shape index (κ3) is 3.62. The van der Waals surface area contributed by atoms with Crippen molar-refractivity contribution in [3.63, 3.8) is 0 Å². The summed E-state index contributed by atoms with van der Waals surface area (Å²) in [4.78, 5) is 0. The van der Waals surface area contributed by atoms with Crippen LogP contribution in [0.15, 0.2) is 24.3 Å². The van der Waals surface area contributed by atoms with Crippen molar-refractivity contribution in [3.05, 3.63) is 29.8 Å².